The molecule has 4 rings (SSSR count). The van der Waals surface area contributed by atoms with Crippen LogP contribution >= 0.6 is 11.6 Å². The van der Waals surface area contributed by atoms with Gasteiger partial charge < -0.3 is 15.0 Å². The van der Waals surface area contributed by atoms with Gasteiger partial charge in [0.1, 0.15) is 5.75 Å². The molecule has 30 heavy (non-hydrogen) atoms. The maximum atomic E-state index is 13.3. The highest BCUT2D eigenvalue weighted by Gasteiger charge is 2.33. The van der Waals surface area contributed by atoms with E-state index in [1.807, 2.05) is 38.1 Å². The summed E-state index contributed by atoms with van der Waals surface area (Å²) in [5.74, 6) is 0.0104. The van der Waals surface area contributed by atoms with E-state index >= 15 is 0 Å². The minimum Gasteiger partial charge on any atom is -0.477 e. The van der Waals surface area contributed by atoms with Gasteiger partial charge in [-0.1, -0.05) is 23.7 Å². The molecule has 8 heteroatoms. The number of halogens is 1. The smallest absolute Gasteiger partial charge is 0.262 e. The quantitative estimate of drug-likeness (QED) is 0.700. The van der Waals surface area contributed by atoms with Crippen molar-refractivity contribution in [2.24, 2.45) is 0 Å². The van der Waals surface area contributed by atoms with Crippen LogP contribution in [-0.4, -0.2) is 41.3 Å². The second-order valence-corrected chi connectivity index (χ2v) is 7.43. The number of carbonyl (C=O) groups excluding carboxylic acids is 2. The van der Waals surface area contributed by atoms with Crippen molar-refractivity contribution in [3.8, 4) is 11.4 Å². The van der Waals surface area contributed by atoms with Crippen LogP contribution in [0.15, 0.2) is 48.5 Å². The van der Waals surface area contributed by atoms with Crippen LogP contribution in [0, 0.1) is 13.8 Å². The van der Waals surface area contributed by atoms with Crippen LogP contribution in [0.25, 0.3) is 5.69 Å². The van der Waals surface area contributed by atoms with Gasteiger partial charge in [-0.2, -0.15) is 5.10 Å². The predicted molar refractivity (Wildman–Crippen MR) is 115 cm³/mol. The number of fused-ring (bicyclic) bond motifs is 1. The molecule has 0 bridgehead atoms. The number of nitrogens with zero attached hydrogens (tertiary/aromatic N) is 3. The van der Waals surface area contributed by atoms with Gasteiger partial charge in [-0.05, 0) is 50.2 Å². The van der Waals surface area contributed by atoms with Crippen molar-refractivity contribution in [2.75, 3.05) is 18.5 Å². The Morgan fingerprint density at radius 3 is 2.47 bits per heavy atom. The molecule has 0 radical (unpaired) electrons. The number of benzene rings is 2. The summed E-state index contributed by atoms with van der Waals surface area (Å²) >= 11 is 6.24. The highest BCUT2D eigenvalue weighted by molar-refractivity contribution is 6.31. The van der Waals surface area contributed by atoms with E-state index in [1.54, 1.807) is 40.9 Å². The first-order valence-electron chi connectivity index (χ1n) is 9.52. The van der Waals surface area contributed by atoms with Gasteiger partial charge >= 0.3 is 0 Å². The molecule has 0 saturated heterocycles. The molecule has 1 aromatic heterocycles. The minimum atomic E-state index is -0.773. The number of hydrogen-bond donors (Lipinski definition) is 1. The van der Waals surface area contributed by atoms with Gasteiger partial charge in [-0.25, -0.2) is 4.68 Å². The van der Waals surface area contributed by atoms with Gasteiger partial charge in [-0.3, -0.25) is 9.59 Å². The van der Waals surface area contributed by atoms with Gasteiger partial charge in [-0.15, -0.1) is 0 Å². The minimum absolute atomic E-state index is 0.129. The molecular weight excluding hydrogens is 404 g/mol. The third-order valence-corrected chi connectivity index (χ3v) is 5.67. The van der Waals surface area contributed by atoms with Gasteiger partial charge in [0.05, 0.1) is 34.3 Å². The van der Waals surface area contributed by atoms with E-state index in [0.29, 0.717) is 22.0 Å². The van der Waals surface area contributed by atoms with E-state index in [-0.39, 0.29) is 18.4 Å². The number of para-hydroxylation sites is 2. The average Bonchev–Trinajstić information content (AvgIpc) is 3.04. The Labute approximate surface area is 179 Å². The van der Waals surface area contributed by atoms with E-state index in [1.165, 1.54) is 0 Å². The molecule has 0 spiro atoms. The molecular formula is C22H21ClN4O3. The van der Waals surface area contributed by atoms with Gasteiger partial charge in [0.25, 0.3) is 11.8 Å². The van der Waals surface area contributed by atoms with Gasteiger partial charge in [0.2, 0.25) is 0 Å². The molecule has 154 valence electrons. The molecule has 3 aromatic rings. The number of hydrogen-bond acceptors (Lipinski definition) is 4. The number of carbonyl (C=O) groups is 2. The summed E-state index contributed by atoms with van der Waals surface area (Å²) in [5, 5.41) is 7.65. The fourth-order valence-corrected chi connectivity index (χ4v) is 3.62. The van der Waals surface area contributed by atoms with E-state index < -0.39 is 6.10 Å². The molecule has 2 aromatic carbocycles. The monoisotopic (exact) mass is 424 g/mol. The van der Waals surface area contributed by atoms with Gasteiger partial charge in [0.15, 0.2) is 6.10 Å². The summed E-state index contributed by atoms with van der Waals surface area (Å²) in [5.41, 5.74) is 3.53. The predicted octanol–water partition coefficient (Wildman–Crippen LogP) is 3.30. The summed E-state index contributed by atoms with van der Waals surface area (Å²) in [6.45, 7) is 3.87. The van der Waals surface area contributed by atoms with E-state index in [4.69, 9.17) is 16.3 Å². The lowest BCUT2D eigenvalue weighted by Gasteiger charge is -2.34. The number of amides is 2. The van der Waals surface area contributed by atoms with Crippen molar-refractivity contribution in [1.29, 1.82) is 0 Å². The molecule has 1 unspecified atom stereocenters. The van der Waals surface area contributed by atoms with Crippen LogP contribution in [-0.2, 0) is 4.79 Å². The zero-order valence-electron chi connectivity index (χ0n) is 16.8. The Kier molecular flexibility index (Phi) is 5.22. The summed E-state index contributed by atoms with van der Waals surface area (Å²) in [6, 6.07) is 14.3. The zero-order valence-corrected chi connectivity index (χ0v) is 17.6. The van der Waals surface area contributed by atoms with E-state index in [2.05, 4.69) is 10.4 Å². The summed E-state index contributed by atoms with van der Waals surface area (Å²) < 4.78 is 7.52. The molecule has 0 aliphatic carbocycles. The van der Waals surface area contributed by atoms with Crippen LogP contribution in [0.5, 0.6) is 5.75 Å². The van der Waals surface area contributed by atoms with Crippen LogP contribution in [0.3, 0.4) is 0 Å². The van der Waals surface area contributed by atoms with Crippen molar-refractivity contribution in [3.63, 3.8) is 0 Å². The van der Waals surface area contributed by atoms with Crippen molar-refractivity contribution < 1.29 is 14.3 Å². The summed E-state index contributed by atoms with van der Waals surface area (Å²) in [7, 11) is 1.54. The molecule has 2 heterocycles. The normalized spacial score (nSPS) is 15.3. The Balaban J connectivity index is 1.65. The maximum absolute atomic E-state index is 13.3. The van der Waals surface area contributed by atoms with Gasteiger partial charge in [0, 0.05) is 12.6 Å². The highest BCUT2D eigenvalue weighted by atomic mass is 35.5. The number of likely N-dealkylation sites (N-methyl/N-ethyl adjacent to an activating group) is 1. The highest BCUT2D eigenvalue weighted by Crippen LogP contribution is 2.34. The van der Waals surface area contributed by atoms with E-state index in [9.17, 15) is 9.59 Å². The third-order valence-electron chi connectivity index (χ3n) is 5.12. The van der Waals surface area contributed by atoms with Crippen molar-refractivity contribution in [2.45, 2.75) is 20.0 Å². The molecule has 1 aliphatic rings. The zero-order chi connectivity index (χ0) is 21.4. The first-order valence-corrected chi connectivity index (χ1v) is 9.89. The summed E-state index contributed by atoms with van der Waals surface area (Å²) in [6.07, 6.45) is -0.773. The number of nitrogens with one attached hydrogen (secondary N) is 1. The fraction of sp³-hybridized carbons (Fsp3) is 0.227. The first kappa shape index (κ1) is 20.0. The maximum Gasteiger partial charge on any atom is 0.262 e. The third kappa shape index (κ3) is 3.41. The number of aryl methyl sites for hydroxylation is 1. The standard InChI is InChI=1S/C22H21ClN4O3/c1-13-20(23)14(2)27(25-13)16-10-8-15(9-11-16)22(29)26-12-19(21(28)24-3)30-18-7-5-4-6-17(18)26/h4-11,19H,12H2,1-3H3,(H,24,28). The molecule has 0 saturated carbocycles. The fourth-order valence-electron chi connectivity index (χ4n) is 3.50. The lowest BCUT2D eigenvalue weighted by atomic mass is 10.1. The molecule has 1 atom stereocenters. The molecule has 2 amide bonds. The average molecular weight is 425 g/mol. The number of anilines is 1. The molecule has 1 aliphatic heterocycles. The van der Waals surface area contributed by atoms with Crippen LogP contribution in [0.4, 0.5) is 5.69 Å². The largest absolute Gasteiger partial charge is 0.477 e. The first-order chi connectivity index (χ1) is 14.4. The van der Waals surface area contributed by atoms with Crippen molar-refractivity contribution in [3.05, 3.63) is 70.5 Å². The molecule has 7 nitrogen and oxygen atoms in total. The molecule has 1 N–H and O–H groups in total. The Morgan fingerprint density at radius 1 is 1.13 bits per heavy atom. The number of rotatable bonds is 3. The number of ether oxygens (including phenoxy) is 1. The van der Waals surface area contributed by atoms with E-state index in [0.717, 1.165) is 17.1 Å². The SMILES string of the molecule is CNC(=O)C1CN(C(=O)c2ccc(-n3nc(C)c(Cl)c3C)cc2)c2ccccc2O1. The van der Waals surface area contributed by atoms with Crippen molar-refractivity contribution in [1.82, 2.24) is 15.1 Å². The second-order valence-electron chi connectivity index (χ2n) is 7.05. The second kappa shape index (κ2) is 7.84. The topological polar surface area (TPSA) is 76.5 Å². The Morgan fingerprint density at radius 2 is 1.83 bits per heavy atom. The lowest BCUT2D eigenvalue weighted by molar-refractivity contribution is -0.127. The number of aromatic nitrogens is 2. The Hall–Kier alpha value is -3.32. The van der Waals surface area contributed by atoms with Crippen LogP contribution in [0.2, 0.25) is 5.02 Å². The molecule has 0 fully saturated rings. The lowest BCUT2D eigenvalue weighted by Crippen LogP contribution is -2.50. The van der Waals surface area contributed by atoms with Crippen LogP contribution in [0.1, 0.15) is 21.7 Å². The van der Waals surface area contributed by atoms with Crippen LogP contribution < -0.4 is 15.0 Å². The Bertz CT molecular complexity index is 1120. The summed E-state index contributed by atoms with van der Waals surface area (Å²) in [4.78, 5) is 27.0. The van der Waals surface area contributed by atoms with Crippen molar-refractivity contribution >= 4 is 29.1 Å².